The van der Waals surface area contributed by atoms with Gasteiger partial charge in [0.2, 0.25) is 0 Å². The fourth-order valence-electron chi connectivity index (χ4n) is 13.0. The first-order valence-electron chi connectivity index (χ1n) is 30.3. The third-order valence-electron chi connectivity index (χ3n) is 17.3. The molecule has 0 amide bonds. The molecule has 3 N–H and O–H groups in total. The summed E-state index contributed by atoms with van der Waals surface area (Å²) in [5.41, 5.74) is 18.2. The highest BCUT2D eigenvalue weighted by molar-refractivity contribution is 6.76. The predicted molar refractivity (Wildman–Crippen MR) is 337 cm³/mol. The lowest BCUT2D eigenvalue weighted by molar-refractivity contribution is 0.0940. The first-order chi connectivity index (χ1) is 40.3. The molecule has 8 aromatic heterocycles. The van der Waals surface area contributed by atoms with Crippen LogP contribution in [0, 0.1) is 11.8 Å². The van der Waals surface area contributed by atoms with Gasteiger partial charge in [-0.3, -0.25) is 24.1 Å². The van der Waals surface area contributed by atoms with Gasteiger partial charge in [-0.1, -0.05) is 70.8 Å². The van der Waals surface area contributed by atoms with Crippen molar-refractivity contribution in [2.75, 3.05) is 43.9 Å². The number of fused-ring (bicyclic) bond motifs is 6. The summed E-state index contributed by atoms with van der Waals surface area (Å²) in [6.07, 6.45) is 21.7. The highest BCUT2D eigenvalue weighted by Crippen LogP contribution is 2.50. The number of nitrogens with two attached hydrogens (primary N) is 1. The van der Waals surface area contributed by atoms with Gasteiger partial charge in [-0.25, -0.2) is 9.97 Å². The number of pyridine rings is 2. The normalized spacial score (nSPS) is 20.4. The Bertz CT molecular complexity index is 3590. The molecule has 4 fully saturated rings. The summed E-state index contributed by atoms with van der Waals surface area (Å²) in [7, 11) is 1.23. The number of ketones is 1. The van der Waals surface area contributed by atoms with Crippen molar-refractivity contribution in [2.45, 2.75) is 147 Å². The number of nitrogen functional groups attached to an aromatic ring is 1. The molecule has 2 saturated heterocycles. The summed E-state index contributed by atoms with van der Waals surface area (Å²) in [5.74, 6) is 3.78. The van der Waals surface area contributed by atoms with E-state index in [0.29, 0.717) is 74.1 Å². The highest BCUT2D eigenvalue weighted by atomic mass is 28.3. The number of nitrogens with one attached hydrogen (secondary N) is 1. The van der Waals surface area contributed by atoms with Crippen LogP contribution in [0.1, 0.15) is 111 Å². The fourth-order valence-corrected chi connectivity index (χ4v) is 14.5. The van der Waals surface area contributed by atoms with Crippen LogP contribution in [0.25, 0.3) is 62.1 Å². The van der Waals surface area contributed by atoms with E-state index >= 15 is 0 Å². The Kier molecular flexibility index (Phi) is 17.2. The third kappa shape index (κ3) is 13.0. The molecule has 0 radical (unpaired) electrons. The van der Waals surface area contributed by atoms with Crippen molar-refractivity contribution in [3.05, 3.63) is 103 Å². The fraction of sp³-hybridized carbons (Fsp3) is 0.508. The second kappa shape index (κ2) is 24.6. The van der Waals surface area contributed by atoms with Gasteiger partial charge >= 0.3 is 0 Å². The van der Waals surface area contributed by atoms with Crippen LogP contribution in [-0.4, -0.2) is 126 Å². The van der Waals surface area contributed by atoms with Crippen LogP contribution < -0.4 is 16.0 Å². The van der Waals surface area contributed by atoms with Crippen molar-refractivity contribution < 1.29 is 19.0 Å². The molecule has 2 saturated carbocycles. The summed E-state index contributed by atoms with van der Waals surface area (Å²) in [6.45, 7) is 25.1. The molecule has 8 aromatic rings. The van der Waals surface area contributed by atoms with Crippen molar-refractivity contribution in [2.24, 2.45) is 25.9 Å². The van der Waals surface area contributed by atoms with Gasteiger partial charge in [-0.15, -0.1) is 0 Å². The molecule has 4 aliphatic rings. The molecule has 444 valence electrons. The van der Waals surface area contributed by atoms with Crippen LogP contribution in [0.2, 0.25) is 51.4 Å². The van der Waals surface area contributed by atoms with E-state index in [1.165, 1.54) is 32.1 Å². The largest absolute Gasteiger partial charge is 0.494 e. The lowest BCUT2D eigenvalue weighted by atomic mass is 9.78. The molecule has 2 aliphatic heterocycles. The Morgan fingerprint density at radius 1 is 0.667 bits per heavy atom. The number of carbonyl (C=O) groups is 1. The SMILES string of the molecule is C=C(OCC)c1c(C2C[C@H]3CC[C@@H](C2)C3)nc2c(-c3ccc(-c4ccn(C)n4)nc3)cnn2c1N(COCC[Si](C)(C)C)COCC[Si](C)(C)C.CC(=O)c1c(C2C[C@H]3CC[C@@H](C2)N3)nc2c(-c3ccc(-c4ccn(C)n4)nc3)cnn2c1N. The van der Waals surface area contributed by atoms with Crippen molar-refractivity contribution in [1.29, 1.82) is 0 Å². The van der Waals surface area contributed by atoms with Crippen molar-refractivity contribution in [3.8, 4) is 45.0 Å². The zero-order chi connectivity index (χ0) is 59.0. The Balaban J connectivity index is 0.000000191. The van der Waals surface area contributed by atoms with Gasteiger partial charge in [0, 0.05) is 114 Å². The van der Waals surface area contributed by atoms with Crippen molar-refractivity contribution in [3.63, 3.8) is 0 Å². The van der Waals surface area contributed by atoms with E-state index in [2.05, 4.69) is 82.4 Å². The molecule has 4 bridgehead atoms. The minimum absolute atomic E-state index is 0.0683. The molecule has 10 heterocycles. The molecule has 2 aliphatic carbocycles. The quantitative estimate of drug-likeness (QED) is 0.0225. The van der Waals surface area contributed by atoms with Crippen LogP contribution in [0.15, 0.2) is 80.2 Å². The number of rotatable bonds is 21. The maximum atomic E-state index is 12.6. The Morgan fingerprint density at radius 3 is 1.63 bits per heavy atom. The summed E-state index contributed by atoms with van der Waals surface area (Å²) < 4.78 is 26.3. The van der Waals surface area contributed by atoms with E-state index in [4.69, 9.17) is 40.0 Å². The maximum Gasteiger partial charge on any atom is 0.165 e. The zero-order valence-electron chi connectivity index (χ0n) is 50.9. The summed E-state index contributed by atoms with van der Waals surface area (Å²) in [4.78, 5) is 34.8. The van der Waals surface area contributed by atoms with Crippen molar-refractivity contribution in [1.82, 2.24) is 64.0 Å². The van der Waals surface area contributed by atoms with Gasteiger partial charge < -0.3 is 30.2 Å². The first-order valence-corrected chi connectivity index (χ1v) is 37.7. The van der Waals surface area contributed by atoms with Gasteiger partial charge in [0.1, 0.15) is 42.2 Å². The summed E-state index contributed by atoms with van der Waals surface area (Å²) in [6, 6.07) is 15.1. The van der Waals surface area contributed by atoms with Crippen molar-refractivity contribution >= 4 is 50.6 Å². The van der Waals surface area contributed by atoms with Crippen LogP contribution in [0.3, 0.4) is 0 Å². The number of ether oxygens (including phenoxy) is 3. The molecule has 0 aromatic carbocycles. The van der Waals surface area contributed by atoms with Gasteiger partial charge in [0.15, 0.2) is 17.1 Å². The van der Waals surface area contributed by atoms with Crippen LogP contribution in [0.5, 0.6) is 0 Å². The lowest BCUT2D eigenvalue weighted by Crippen LogP contribution is -2.38. The molecule has 19 nitrogen and oxygen atoms in total. The lowest BCUT2D eigenvalue weighted by Gasteiger charge is -2.33. The smallest absolute Gasteiger partial charge is 0.165 e. The van der Waals surface area contributed by atoms with E-state index in [9.17, 15) is 4.79 Å². The number of aromatic nitrogens is 12. The number of anilines is 2. The van der Waals surface area contributed by atoms with E-state index in [1.807, 2.05) is 86.9 Å². The number of nitrogens with zero attached hydrogens (tertiary/aromatic N) is 13. The second-order valence-electron chi connectivity index (χ2n) is 26.3. The van der Waals surface area contributed by atoms with Gasteiger partial charge in [-0.05, 0) is 107 Å². The Morgan fingerprint density at radius 2 is 1.17 bits per heavy atom. The molecule has 6 atom stereocenters. The van der Waals surface area contributed by atoms with Gasteiger partial charge in [-0.2, -0.15) is 29.4 Å². The average Bonchev–Trinajstić information content (AvgIpc) is 2.57. The standard InChI is InChI=1S/C39H59N7O3Si2.C24H26N8O/c1-10-49-28(2)36-37(32-22-29-11-12-30(21-29)23-32)42-38-33(31-13-14-34(40-24-31)35-15-16-44(3)43-35)25-41-46(38)39(36)45(26-47-17-19-50(4,5)6)27-48-18-20-51(7,8)9;1-13(33)21-22(15-9-16-4-5-17(10-15)28-16)29-24-18(12-27-32(24)23(21)25)14-3-6-19(26-11-14)20-7-8-31(2)30-20/h13-16,24-25,29-30,32H,2,10-12,17-23,26-27H2,1,3-9H3;3,6-8,11-12,15-17,28H,4-5,9-10,25H2,1-2H3/t29-,30+,32?;15?,16-,17+. The van der Waals surface area contributed by atoms with E-state index in [1.54, 1.807) is 27.0 Å². The molecular formula is C63H85N15O4Si2. The Labute approximate surface area is 495 Å². The predicted octanol–water partition coefficient (Wildman–Crippen LogP) is 11.9. The minimum Gasteiger partial charge on any atom is -0.494 e. The van der Waals surface area contributed by atoms with E-state index in [-0.39, 0.29) is 11.7 Å². The number of carbonyl (C=O) groups excluding carboxylic acids is 1. The number of Topliss-reactive ketones (excluding diaryl/α,β-unsaturated/α-hetero) is 1. The molecule has 84 heavy (non-hydrogen) atoms. The molecule has 21 heteroatoms. The third-order valence-corrected chi connectivity index (χ3v) is 20.7. The van der Waals surface area contributed by atoms with Gasteiger partial charge in [0.05, 0.1) is 52.9 Å². The zero-order valence-corrected chi connectivity index (χ0v) is 52.9. The van der Waals surface area contributed by atoms with Crippen LogP contribution >= 0.6 is 0 Å². The highest BCUT2D eigenvalue weighted by Gasteiger charge is 2.40. The maximum absolute atomic E-state index is 12.6. The van der Waals surface area contributed by atoms with Gasteiger partial charge in [0.25, 0.3) is 0 Å². The molecular weight excluding hydrogens is 1090 g/mol. The molecule has 0 spiro atoms. The van der Waals surface area contributed by atoms with Crippen LogP contribution in [0.4, 0.5) is 11.6 Å². The second-order valence-corrected chi connectivity index (χ2v) is 37.6. The number of hydrogen-bond donors (Lipinski definition) is 2. The topological polar surface area (TPSA) is 208 Å². The minimum atomic E-state index is -1.28. The molecule has 2 unspecified atom stereocenters. The monoisotopic (exact) mass is 1170 g/mol. The summed E-state index contributed by atoms with van der Waals surface area (Å²) >= 11 is 0. The molecule has 12 rings (SSSR count). The van der Waals surface area contributed by atoms with Crippen LogP contribution in [-0.2, 0) is 28.3 Å². The Hall–Kier alpha value is -6.92. The van der Waals surface area contributed by atoms with E-state index in [0.717, 1.165) is 123 Å². The first kappa shape index (κ1) is 58.8. The van der Waals surface area contributed by atoms with E-state index < -0.39 is 16.1 Å². The number of aryl methyl sites for hydroxylation is 2. The average molecular weight is 1170 g/mol. The number of hydrogen-bond acceptors (Lipinski definition) is 15. The number of piperidine rings is 1. The summed E-state index contributed by atoms with van der Waals surface area (Å²) in [5, 5.41) is 22.1.